The Hall–Kier alpha value is -3.52. The molecule has 7 nitrogen and oxygen atoms in total. The first-order chi connectivity index (χ1) is 15.9. The Morgan fingerprint density at radius 1 is 1.06 bits per heavy atom. The summed E-state index contributed by atoms with van der Waals surface area (Å²) in [4.78, 5) is 25.8. The molecule has 2 heterocycles. The van der Waals surface area contributed by atoms with Gasteiger partial charge in [-0.05, 0) is 50.1 Å². The van der Waals surface area contributed by atoms with Crippen molar-refractivity contribution in [3.05, 3.63) is 77.2 Å². The predicted molar refractivity (Wildman–Crippen MR) is 131 cm³/mol. The fraction of sp³-hybridized carbons (Fsp3) is 0.240. The van der Waals surface area contributed by atoms with Crippen LogP contribution in [0, 0.1) is 20.8 Å². The highest BCUT2D eigenvalue weighted by Gasteiger charge is 2.13. The molecule has 0 aliphatic carbocycles. The highest BCUT2D eigenvalue weighted by Crippen LogP contribution is 2.30. The van der Waals surface area contributed by atoms with E-state index >= 15 is 0 Å². The molecule has 8 heteroatoms. The molecular formula is C25H26N4O3S. The Balaban J connectivity index is 1.38. The van der Waals surface area contributed by atoms with E-state index in [1.54, 1.807) is 13.0 Å². The summed E-state index contributed by atoms with van der Waals surface area (Å²) in [5.41, 5.74) is 4.00. The van der Waals surface area contributed by atoms with Crippen LogP contribution >= 0.6 is 11.8 Å². The molecule has 0 aliphatic heterocycles. The number of thioether (sulfide) groups is 1. The normalized spacial score (nSPS) is 11.0. The minimum Gasteiger partial charge on any atom is -0.360 e. The number of nitrogens with zero attached hydrogens (tertiary/aromatic N) is 2. The van der Waals surface area contributed by atoms with Gasteiger partial charge in [-0.3, -0.25) is 9.59 Å². The maximum Gasteiger partial charge on any atom is 0.251 e. The number of nitrogens with one attached hydrogen (secondary N) is 2. The van der Waals surface area contributed by atoms with Gasteiger partial charge in [0.25, 0.3) is 5.91 Å². The first kappa shape index (κ1) is 22.7. The van der Waals surface area contributed by atoms with E-state index in [0.717, 1.165) is 21.4 Å². The number of rotatable bonds is 8. The van der Waals surface area contributed by atoms with Gasteiger partial charge in [0.2, 0.25) is 5.91 Å². The number of benzene rings is 2. The van der Waals surface area contributed by atoms with E-state index in [9.17, 15) is 9.59 Å². The van der Waals surface area contributed by atoms with Crippen molar-refractivity contribution in [3.8, 4) is 0 Å². The zero-order chi connectivity index (χ0) is 23.4. The maximum atomic E-state index is 12.5. The van der Waals surface area contributed by atoms with Gasteiger partial charge < -0.3 is 19.7 Å². The third-order valence-electron chi connectivity index (χ3n) is 5.41. The molecule has 2 aromatic heterocycles. The molecule has 0 fully saturated rings. The van der Waals surface area contributed by atoms with Gasteiger partial charge in [-0.1, -0.05) is 29.4 Å². The number of fused-ring (bicyclic) bond motifs is 1. The van der Waals surface area contributed by atoms with Gasteiger partial charge in [0.05, 0.1) is 5.75 Å². The second kappa shape index (κ2) is 9.95. The summed E-state index contributed by atoms with van der Waals surface area (Å²) in [6.07, 6.45) is 2.03. The Morgan fingerprint density at radius 2 is 1.88 bits per heavy atom. The lowest BCUT2D eigenvalue weighted by molar-refractivity contribution is -0.113. The molecule has 0 saturated carbocycles. The summed E-state index contributed by atoms with van der Waals surface area (Å²) in [7, 11) is 0. The van der Waals surface area contributed by atoms with Crippen molar-refractivity contribution in [2.75, 3.05) is 17.6 Å². The molecule has 2 aromatic carbocycles. The number of carbonyl (C=O) groups excluding carboxylic acids is 2. The fourth-order valence-corrected chi connectivity index (χ4v) is 4.42. The van der Waals surface area contributed by atoms with E-state index in [-0.39, 0.29) is 17.6 Å². The van der Waals surface area contributed by atoms with E-state index in [2.05, 4.69) is 20.4 Å². The van der Waals surface area contributed by atoms with Crippen LogP contribution < -0.4 is 10.6 Å². The van der Waals surface area contributed by atoms with E-state index in [1.165, 1.54) is 17.3 Å². The van der Waals surface area contributed by atoms with Crippen LogP contribution in [0.3, 0.4) is 0 Å². The average Bonchev–Trinajstić information content (AvgIpc) is 3.37. The topological polar surface area (TPSA) is 89.2 Å². The van der Waals surface area contributed by atoms with Crippen molar-refractivity contribution in [3.63, 3.8) is 0 Å². The van der Waals surface area contributed by atoms with Gasteiger partial charge >= 0.3 is 0 Å². The molecule has 4 aromatic rings. The molecule has 0 bridgehead atoms. The molecule has 0 unspecified atom stereocenters. The monoisotopic (exact) mass is 462 g/mol. The third-order valence-corrected chi connectivity index (χ3v) is 6.46. The van der Waals surface area contributed by atoms with Gasteiger partial charge in [-0.2, -0.15) is 0 Å². The summed E-state index contributed by atoms with van der Waals surface area (Å²) in [5, 5.41) is 10.6. The Kier molecular flexibility index (Phi) is 6.84. The predicted octanol–water partition coefficient (Wildman–Crippen LogP) is 4.72. The number of amides is 2. The molecule has 0 atom stereocenters. The van der Waals surface area contributed by atoms with Gasteiger partial charge in [0.15, 0.2) is 5.82 Å². The van der Waals surface area contributed by atoms with Crippen LogP contribution in [0.25, 0.3) is 10.9 Å². The van der Waals surface area contributed by atoms with E-state index in [0.29, 0.717) is 30.2 Å². The molecule has 4 rings (SSSR count). The number of aryl methyl sites for hydroxylation is 3. The van der Waals surface area contributed by atoms with Gasteiger partial charge in [0.1, 0.15) is 5.76 Å². The van der Waals surface area contributed by atoms with E-state index in [1.807, 2.05) is 62.5 Å². The minimum atomic E-state index is -0.147. The first-order valence-electron chi connectivity index (χ1n) is 10.7. The molecule has 0 saturated heterocycles. The second-order valence-electron chi connectivity index (χ2n) is 7.92. The lowest BCUT2D eigenvalue weighted by atomic mass is 10.1. The van der Waals surface area contributed by atoms with Crippen LogP contribution in [0.5, 0.6) is 0 Å². The van der Waals surface area contributed by atoms with Crippen molar-refractivity contribution < 1.29 is 14.1 Å². The van der Waals surface area contributed by atoms with Crippen molar-refractivity contribution in [2.45, 2.75) is 32.2 Å². The zero-order valence-corrected chi connectivity index (χ0v) is 19.7. The summed E-state index contributed by atoms with van der Waals surface area (Å²) >= 11 is 1.47. The van der Waals surface area contributed by atoms with Crippen LogP contribution in [-0.2, 0) is 11.3 Å². The number of hydrogen-bond donors (Lipinski definition) is 2. The highest BCUT2D eigenvalue weighted by atomic mass is 32.2. The highest BCUT2D eigenvalue weighted by molar-refractivity contribution is 8.00. The Bertz CT molecular complexity index is 1310. The third kappa shape index (κ3) is 5.46. The molecule has 170 valence electrons. The summed E-state index contributed by atoms with van der Waals surface area (Å²) in [6.45, 7) is 6.94. The molecule has 0 radical (unpaired) electrons. The van der Waals surface area contributed by atoms with Crippen LogP contribution in [-0.4, -0.2) is 33.8 Å². The van der Waals surface area contributed by atoms with Crippen molar-refractivity contribution in [1.82, 2.24) is 15.0 Å². The summed E-state index contributed by atoms with van der Waals surface area (Å²) in [6, 6.07) is 15.5. The molecule has 33 heavy (non-hydrogen) atoms. The number of aromatic nitrogens is 2. The average molecular weight is 463 g/mol. The van der Waals surface area contributed by atoms with Gasteiger partial charge in [-0.25, -0.2) is 0 Å². The van der Waals surface area contributed by atoms with Crippen molar-refractivity contribution in [1.29, 1.82) is 0 Å². The standard InChI is InChI=1S/C25H26N4O3S/c1-16-8-9-19(12-17(16)2)25(31)26-10-11-29-14-22(20-6-4-5-7-21(20)29)33-15-24(30)27-23-13-18(3)32-28-23/h4-9,12-14H,10-11,15H2,1-3H3,(H,26,31)(H,27,28,30). The van der Waals surface area contributed by atoms with Crippen LogP contribution in [0.2, 0.25) is 0 Å². The lowest BCUT2D eigenvalue weighted by Gasteiger charge is -2.09. The smallest absolute Gasteiger partial charge is 0.251 e. The zero-order valence-electron chi connectivity index (χ0n) is 18.8. The lowest BCUT2D eigenvalue weighted by Crippen LogP contribution is -2.27. The minimum absolute atomic E-state index is 0.0797. The Morgan fingerprint density at radius 3 is 2.64 bits per heavy atom. The number of hydrogen-bond acceptors (Lipinski definition) is 5. The van der Waals surface area contributed by atoms with Gasteiger partial charge in [0, 0.05) is 46.7 Å². The first-order valence-corrected chi connectivity index (χ1v) is 11.7. The summed E-state index contributed by atoms with van der Waals surface area (Å²) in [5.74, 6) is 1.09. The SMILES string of the molecule is Cc1cc(NC(=O)CSc2cn(CCNC(=O)c3ccc(C)c(C)c3)c3ccccc23)no1. The molecular weight excluding hydrogens is 436 g/mol. The summed E-state index contributed by atoms with van der Waals surface area (Å²) < 4.78 is 7.09. The Labute approximate surface area is 196 Å². The molecule has 0 aliphatic rings. The fourth-order valence-electron chi connectivity index (χ4n) is 3.54. The van der Waals surface area contributed by atoms with Crippen molar-refractivity contribution >= 4 is 40.3 Å². The number of carbonyl (C=O) groups is 2. The van der Waals surface area contributed by atoms with Crippen LogP contribution in [0.4, 0.5) is 5.82 Å². The van der Waals surface area contributed by atoms with Gasteiger partial charge in [-0.15, -0.1) is 11.8 Å². The van der Waals surface area contributed by atoms with Crippen LogP contribution in [0.1, 0.15) is 27.2 Å². The maximum absolute atomic E-state index is 12.5. The quantitative estimate of drug-likeness (QED) is 0.370. The molecule has 0 spiro atoms. The van der Waals surface area contributed by atoms with E-state index in [4.69, 9.17) is 4.52 Å². The number of para-hydroxylation sites is 1. The van der Waals surface area contributed by atoms with Crippen molar-refractivity contribution in [2.24, 2.45) is 0 Å². The van der Waals surface area contributed by atoms with Crippen LogP contribution in [0.15, 0.2) is 64.1 Å². The second-order valence-corrected chi connectivity index (χ2v) is 8.94. The van der Waals surface area contributed by atoms with E-state index < -0.39 is 0 Å². The number of anilines is 1. The molecule has 2 N–H and O–H groups in total. The molecule has 2 amide bonds. The largest absolute Gasteiger partial charge is 0.360 e.